The van der Waals surface area contributed by atoms with Gasteiger partial charge in [0.15, 0.2) is 0 Å². The Labute approximate surface area is 170 Å². The molecule has 0 aliphatic carbocycles. The SMILES string of the molecule is COc1ccc(CC(=O)NCC2Cc3cc(Oc4ccccc4)ccc3O2)cc1. The highest BCUT2D eigenvalue weighted by molar-refractivity contribution is 5.78. The molecule has 0 saturated carbocycles. The number of nitrogens with one attached hydrogen (secondary N) is 1. The average Bonchev–Trinajstić information content (AvgIpc) is 3.16. The molecule has 1 aliphatic rings. The molecule has 0 aromatic heterocycles. The fourth-order valence-corrected chi connectivity index (χ4v) is 3.32. The van der Waals surface area contributed by atoms with Crippen molar-refractivity contribution in [1.29, 1.82) is 0 Å². The Morgan fingerprint density at radius 3 is 2.52 bits per heavy atom. The van der Waals surface area contributed by atoms with Crippen LogP contribution in [-0.4, -0.2) is 25.7 Å². The fourth-order valence-electron chi connectivity index (χ4n) is 3.32. The van der Waals surface area contributed by atoms with Crippen molar-refractivity contribution < 1.29 is 19.0 Å². The van der Waals surface area contributed by atoms with Crippen LogP contribution in [0.4, 0.5) is 0 Å². The van der Waals surface area contributed by atoms with E-state index in [4.69, 9.17) is 14.2 Å². The maximum atomic E-state index is 12.2. The molecule has 1 N–H and O–H groups in total. The number of methoxy groups -OCH3 is 1. The summed E-state index contributed by atoms with van der Waals surface area (Å²) < 4.78 is 17.0. The number of carbonyl (C=O) groups is 1. The van der Waals surface area contributed by atoms with Crippen molar-refractivity contribution in [3.8, 4) is 23.0 Å². The topological polar surface area (TPSA) is 56.8 Å². The van der Waals surface area contributed by atoms with Crippen LogP contribution in [0.15, 0.2) is 72.8 Å². The van der Waals surface area contributed by atoms with Gasteiger partial charge in [0.25, 0.3) is 0 Å². The third-order valence-corrected chi connectivity index (χ3v) is 4.80. The first-order chi connectivity index (χ1) is 14.2. The Kier molecular flexibility index (Phi) is 5.66. The van der Waals surface area contributed by atoms with Crippen LogP contribution in [0.5, 0.6) is 23.0 Å². The van der Waals surface area contributed by atoms with Gasteiger partial charge in [-0.05, 0) is 48.0 Å². The van der Waals surface area contributed by atoms with Gasteiger partial charge in [0.2, 0.25) is 5.91 Å². The molecule has 0 saturated heterocycles. The zero-order valence-electron chi connectivity index (χ0n) is 16.3. The van der Waals surface area contributed by atoms with Gasteiger partial charge >= 0.3 is 0 Å². The molecule has 0 spiro atoms. The van der Waals surface area contributed by atoms with Gasteiger partial charge in [0.1, 0.15) is 29.1 Å². The quantitative estimate of drug-likeness (QED) is 0.660. The van der Waals surface area contributed by atoms with Crippen LogP contribution in [0.1, 0.15) is 11.1 Å². The third-order valence-electron chi connectivity index (χ3n) is 4.80. The van der Waals surface area contributed by atoms with Gasteiger partial charge in [-0.3, -0.25) is 4.79 Å². The Balaban J connectivity index is 1.28. The number of ether oxygens (including phenoxy) is 3. The molecule has 1 heterocycles. The van der Waals surface area contributed by atoms with E-state index >= 15 is 0 Å². The van der Waals surface area contributed by atoms with Crippen LogP contribution in [0.3, 0.4) is 0 Å². The summed E-state index contributed by atoms with van der Waals surface area (Å²) in [5.74, 6) is 3.18. The van der Waals surface area contributed by atoms with E-state index in [2.05, 4.69) is 5.32 Å². The predicted octanol–water partition coefficient (Wildman–Crippen LogP) is 4.15. The lowest BCUT2D eigenvalue weighted by Gasteiger charge is -2.12. The van der Waals surface area contributed by atoms with Gasteiger partial charge in [-0.2, -0.15) is 0 Å². The molecule has 3 aromatic rings. The van der Waals surface area contributed by atoms with Gasteiger partial charge in [-0.1, -0.05) is 30.3 Å². The lowest BCUT2D eigenvalue weighted by molar-refractivity contribution is -0.120. The maximum Gasteiger partial charge on any atom is 0.224 e. The largest absolute Gasteiger partial charge is 0.497 e. The van der Waals surface area contributed by atoms with E-state index in [1.807, 2.05) is 72.8 Å². The van der Waals surface area contributed by atoms with Crippen LogP contribution in [0.2, 0.25) is 0 Å². The molecule has 0 fully saturated rings. The summed E-state index contributed by atoms with van der Waals surface area (Å²) in [6.45, 7) is 0.471. The van der Waals surface area contributed by atoms with Crippen molar-refractivity contribution in [2.24, 2.45) is 0 Å². The molecule has 0 bridgehead atoms. The van der Waals surface area contributed by atoms with E-state index in [1.54, 1.807) is 7.11 Å². The minimum Gasteiger partial charge on any atom is -0.497 e. The van der Waals surface area contributed by atoms with Gasteiger partial charge in [0.05, 0.1) is 20.1 Å². The molecule has 1 amide bonds. The van der Waals surface area contributed by atoms with Gasteiger partial charge in [-0.15, -0.1) is 0 Å². The van der Waals surface area contributed by atoms with Crippen molar-refractivity contribution in [3.63, 3.8) is 0 Å². The van der Waals surface area contributed by atoms with E-state index in [-0.39, 0.29) is 12.0 Å². The lowest BCUT2D eigenvalue weighted by Crippen LogP contribution is -2.35. The second kappa shape index (κ2) is 8.69. The maximum absolute atomic E-state index is 12.2. The monoisotopic (exact) mass is 389 g/mol. The number of para-hydroxylation sites is 1. The molecule has 5 heteroatoms. The molecule has 1 unspecified atom stereocenters. The normalized spacial score (nSPS) is 14.6. The molecular formula is C24H23NO4. The first-order valence-electron chi connectivity index (χ1n) is 9.62. The van der Waals surface area contributed by atoms with Crippen molar-refractivity contribution in [1.82, 2.24) is 5.32 Å². The number of carbonyl (C=O) groups excluding carboxylic acids is 1. The number of rotatable bonds is 7. The second-order valence-corrected chi connectivity index (χ2v) is 6.96. The van der Waals surface area contributed by atoms with Crippen molar-refractivity contribution in [2.75, 3.05) is 13.7 Å². The highest BCUT2D eigenvalue weighted by Crippen LogP contribution is 2.33. The first-order valence-corrected chi connectivity index (χ1v) is 9.62. The highest BCUT2D eigenvalue weighted by atomic mass is 16.5. The molecule has 148 valence electrons. The summed E-state index contributed by atoms with van der Waals surface area (Å²) >= 11 is 0. The minimum absolute atomic E-state index is 0.0252. The van der Waals surface area contributed by atoms with E-state index in [1.165, 1.54) is 0 Å². The van der Waals surface area contributed by atoms with E-state index in [9.17, 15) is 4.79 Å². The van der Waals surface area contributed by atoms with E-state index < -0.39 is 0 Å². The summed E-state index contributed by atoms with van der Waals surface area (Å²) in [4.78, 5) is 12.2. The fraction of sp³-hybridized carbons (Fsp3) is 0.208. The number of fused-ring (bicyclic) bond motifs is 1. The number of hydrogen-bond donors (Lipinski definition) is 1. The van der Waals surface area contributed by atoms with Crippen LogP contribution in [0, 0.1) is 0 Å². The van der Waals surface area contributed by atoms with Gasteiger partial charge in [-0.25, -0.2) is 0 Å². The number of hydrogen-bond acceptors (Lipinski definition) is 4. The molecular weight excluding hydrogens is 366 g/mol. The van der Waals surface area contributed by atoms with Crippen molar-refractivity contribution in [3.05, 3.63) is 83.9 Å². The van der Waals surface area contributed by atoms with Crippen LogP contribution in [0.25, 0.3) is 0 Å². The number of amides is 1. The van der Waals surface area contributed by atoms with Crippen molar-refractivity contribution >= 4 is 5.91 Å². The van der Waals surface area contributed by atoms with Gasteiger partial charge in [0, 0.05) is 12.0 Å². The molecule has 0 radical (unpaired) electrons. The van der Waals surface area contributed by atoms with E-state index in [0.717, 1.165) is 40.5 Å². The Bertz CT molecular complexity index is 970. The second-order valence-electron chi connectivity index (χ2n) is 6.96. The smallest absolute Gasteiger partial charge is 0.224 e. The Morgan fingerprint density at radius 1 is 1.00 bits per heavy atom. The zero-order chi connectivity index (χ0) is 20.1. The van der Waals surface area contributed by atoms with Crippen molar-refractivity contribution in [2.45, 2.75) is 18.9 Å². The molecule has 5 nitrogen and oxygen atoms in total. The van der Waals surface area contributed by atoms with E-state index in [0.29, 0.717) is 13.0 Å². The first kappa shape index (κ1) is 18.9. The predicted molar refractivity (Wildman–Crippen MR) is 111 cm³/mol. The Morgan fingerprint density at radius 2 is 1.76 bits per heavy atom. The standard InChI is InChI=1S/C24H23NO4/c1-27-19-9-7-17(8-10-19)13-24(26)25-16-22-15-18-14-21(11-12-23(18)29-22)28-20-5-3-2-4-6-20/h2-12,14,22H,13,15-16H2,1H3,(H,25,26). The number of benzene rings is 3. The van der Waals surface area contributed by atoms with Gasteiger partial charge < -0.3 is 19.5 Å². The third kappa shape index (κ3) is 4.88. The average molecular weight is 389 g/mol. The van der Waals surface area contributed by atoms with Crippen LogP contribution < -0.4 is 19.5 Å². The summed E-state index contributed by atoms with van der Waals surface area (Å²) in [6.07, 6.45) is 1.000. The van der Waals surface area contributed by atoms with Crippen LogP contribution >= 0.6 is 0 Å². The van der Waals surface area contributed by atoms with Crippen LogP contribution in [-0.2, 0) is 17.6 Å². The molecule has 1 aliphatic heterocycles. The zero-order valence-corrected chi connectivity index (χ0v) is 16.3. The molecule has 4 rings (SSSR count). The summed E-state index contributed by atoms with van der Waals surface area (Å²) in [7, 11) is 1.62. The minimum atomic E-state index is -0.0724. The molecule has 1 atom stereocenters. The highest BCUT2D eigenvalue weighted by Gasteiger charge is 2.24. The summed E-state index contributed by atoms with van der Waals surface area (Å²) in [6, 6.07) is 23.0. The molecule has 29 heavy (non-hydrogen) atoms. The summed E-state index contributed by atoms with van der Waals surface area (Å²) in [5, 5.41) is 2.96. The lowest BCUT2D eigenvalue weighted by atomic mass is 10.1. The molecule has 3 aromatic carbocycles. The summed E-state index contributed by atoms with van der Waals surface area (Å²) in [5.41, 5.74) is 2.04. The Hall–Kier alpha value is -3.47.